The minimum Gasteiger partial charge on any atom is -0.504 e. The van der Waals surface area contributed by atoms with Crippen LogP contribution in [0.5, 0.6) is 11.5 Å². The van der Waals surface area contributed by atoms with Gasteiger partial charge in [-0.05, 0) is 42.7 Å². The summed E-state index contributed by atoms with van der Waals surface area (Å²) in [6, 6.07) is 8.85. The lowest BCUT2D eigenvalue weighted by Gasteiger charge is -2.16. The van der Waals surface area contributed by atoms with E-state index in [4.69, 9.17) is 0 Å². The lowest BCUT2D eigenvalue weighted by Crippen LogP contribution is -2.18. The molecule has 5 nitrogen and oxygen atoms in total. The van der Waals surface area contributed by atoms with E-state index in [2.05, 4.69) is 15.2 Å². The third kappa shape index (κ3) is 3.18. The molecule has 0 atom stereocenters. The molecular weight excluding hydrogens is 266 g/mol. The summed E-state index contributed by atoms with van der Waals surface area (Å²) in [5, 5.41) is 22.0. The summed E-state index contributed by atoms with van der Waals surface area (Å²) >= 11 is 0. The van der Waals surface area contributed by atoms with Crippen molar-refractivity contribution in [2.45, 2.75) is 19.4 Å². The van der Waals surface area contributed by atoms with E-state index in [9.17, 15) is 10.2 Å². The van der Waals surface area contributed by atoms with Crippen molar-refractivity contribution in [2.75, 3.05) is 23.3 Å². The molecule has 1 aromatic heterocycles. The van der Waals surface area contributed by atoms with Crippen LogP contribution in [0.15, 0.2) is 36.5 Å². The zero-order valence-electron chi connectivity index (χ0n) is 11.8. The van der Waals surface area contributed by atoms with Crippen LogP contribution in [-0.4, -0.2) is 28.3 Å². The summed E-state index contributed by atoms with van der Waals surface area (Å²) in [6.45, 7) is 2.75. The molecule has 0 aliphatic carbocycles. The first-order valence-corrected chi connectivity index (χ1v) is 7.18. The van der Waals surface area contributed by atoms with Crippen LogP contribution in [0, 0.1) is 0 Å². The highest BCUT2D eigenvalue weighted by molar-refractivity contribution is 5.50. The second kappa shape index (κ2) is 5.91. The standard InChI is InChI=1S/C16H19N3O2/c20-14-5-3-12(9-15(14)21)10-17-13-4-6-16(18-11-13)19-7-1-2-8-19/h3-6,9,11,17,20-21H,1-2,7-8,10H2. The number of benzene rings is 1. The maximum Gasteiger partial charge on any atom is 0.157 e. The summed E-state index contributed by atoms with van der Waals surface area (Å²) in [5.41, 5.74) is 1.83. The SMILES string of the molecule is Oc1ccc(CNc2ccc(N3CCCC3)nc2)cc1O. The molecule has 1 aromatic carbocycles. The number of hydrogen-bond donors (Lipinski definition) is 3. The van der Waals surface area contributed by atoms with Crippen LogP contribution in [0.1, 0.15) is 18.4 Å². The summed E-state index contributed by atoms with van der Waals surface area (Å²) in [6.07, 6.45) is 4.31. The van der Waals surface area contributed by atoms with Crippen LogP contribution < -0.4 is 10.2 Å². The summed E-state index contributed by atoms with van der Waals surface area (Å²) in [7, 11) is 0. The van der Waals surface area contributed by atoms with Gasteiger partial charge in [0.2, 0.25) is 0 Å². The van der Waals surface area contributed by atoms with Crippen LogP contribution >= 0.6 is 0 Å². The van der Waals surface area contributed by atoms with Crippen molar-refractivity contribution in [3.8, 4) is 11.5 Å². The van der Waals surface area contributed by atoms with Gasteiger partial charge in [-0.25, -0.2) is 4.98 Å². The highest BCUT2D eigenvalue weighted by Gasteiger charge is 2.12. The first-order valence-electron chi connectivity index (χ1n) is 7.18. The molecule has 0 saturated carbocycles. The Kier molecular flexibility index (Phi) is 3.81. The lowest BCUT2D eigenvalue weighted by molar-refractivity contribution is 0.403. The number of aromatic nitrogens is 1. The van der Waals surface area contributed by atoms with E-state index in [1.165, 1.54) is 18.9 Å². The molecule has 0 amide bonds. The fraction of sp³-hybridized carbons (Fsp3) is 0.312. The van der Waals surface area contributed by atoms with Crippen molar-refractivity contribution in [3.63, 3.8) is 0 Å². The average Bonchev–Trinajstić information content (AvgIpc) is 3.03. The number of nitrogens with zero attached hydrogens (tertiary/aromatic N) is 2. The molecule has 2 aromatic rings. The molecule has 1 aliphatic rings. The van der Waals surface area contributed by atoms with Crippen molar-refractivity contribution in [1.82, 2.24) is 4.98 Å². The van der Waals surface area contributed by atoms with E-state index in [0.29, 0.717) is 6.54 Å². The maximum absolute atomic E-state index is 9.46. The summed E-state index contributed by atoms with van der Waals surface area (Å²) in [5.74, 6) is 0.826. The molecule has 5 heteroatoms. The number of phenolic OH excluding ortho intramolecular Hbond substituents is 2. The second-order valence-electron chi connectivity index (χ2n) is 5.28. The minimum atomic E-state index is -0.101. The van der Waals surface area contributed by atoms with Gasteiger partial charge in [-0.3, -0.25) is 0 Å². The zero-order chi connectivity index (χ0) is 14.7. The van der Waals surface area contributed by atoms with E-state index in [-0.39, 0.29) is 11.5 Å². The van der Waals surface area contributed by atoms with E-state index < -0.39 is 0 Å². The Morgan fingerprint density at radius 3 is 2.52 bits per heavy atom. The average molecular weight is 285 g/mol. The molecule has 110 valence electrons. The highest BCUT2D eigenvalue weighted by Crippen LogP contribution is 2.25. The number of anilines is 2. The third-order valence-electron chi connectivity index (χ3n) is 3.71. The highest BCUT2D eigenvalue weighted by atomic mass is 16.3. The smallest absolute Gasteiger partial charge is 0.157 e. The molecule has 1 fully saturated rings. The Bertz CT molecular complexity index is 607. The zero-order valence-corrected chi connectivity index (χ0v) is 11.8. The third-order valence-corrected chi connectivity index (χ3v) is 3.71. The largest absolute Gasteiger partial charge is 0.504 e. The van der Waals surface area contributed by atoms with Crippen LogP contribution in [-0.2, 0) is 6.54 Å². The van der Waals surface area contributed by atoms with Crippen molar-refractivity contribution >= 4 is 11.5 Å². The Morgan fingerprint density at radius 1 is 1.05 bits per heavy atom. The van der Waals surface area contributed by atoms with Crippen molar-refractivity contribution < 1.29 is 10.2 Å². The summed E-state index contributed by atoms with van der Waals surface area (Å²) in [4.78, 5) is 6.77. The number of nitrogens with one attached hydrogen (secondary N) is 1. The first-order chi connectivity index (χ1) is 10.2. The number of aromatic hydroxyl groups is 2. The number of rotatable bonds is 4. The molecule has 1 aliphatic heterocycles. The van der Waals surface area contributed by atoms with Crippen LogP contribution in [0.4, 0.5) is 11.5 Å². The van der Waals surface area contributed by atoms with Gasteiger partial charge in [-0.1, -0.05) is 6.07 Å². The van der Waals surface area contributed by atoms with Gasteiger partial charge >= 0.3 is 0 Å². The van der Waals surface area contributed by atoms with Gasteiger partial charge in [-0.15, -0.1) is 0 Å². The molecule has 0 radical (unpaired) electrons. The molecule has 3 N–H and O–H groups in total. The predicted octanol–water partition coefficient (Wildman–Crippen LogP) is 2.71. The maximum atomic E-state index is 9.46. The molecule has 1 saturated heterocycles. The van der Waals surface area contributed by atoms with Crippen molar-refractivity contribution in [1.29, 1.82) is 0 Å². The molecule has 0 unspecified atom stereocenters. The number of pyridine rings is 1. The quantitative estimate of drug-likeness (QED) is 0.754. The predicted molar refractivity (Wildman–Crippen MR) is 82.8 cm³/mol. The van der Waals surface area contributed by atoms with Crippen LogP contribution in [0.25, 0.3) is 0 Å². The monoisotopic (exact) mass is 285 g/mol. The van der Waals surface area contributed by atoms with Gasteiger partial charge in [-0.2, -0.15) is 0 Å². The normalized spacial score (nSPS) is 14.4. The molecular formula is C16H19N3O2. The van der Waals surface area contributed by atoms with E-state index >= 15 is 0 Å². The van der Waals surface area contributed by atoms with Gasteiger partial charge in [0.05, 0.1) is 11.9 Å². The van der Waals surface area contributed by atoms with Crippen molar-refractivity contribution in [3.05, 3.63) is 42.1 Å². The Balaban J connectivity index is 1.61. The molecule has 0 spiro atoms. The Hall–Kier alpha value is -2.43. The van der Waals surface area contributed by atoms with Gasteiger partial charge in [0.15, 0.2) is 11.5 Å². The molecule has 2 heterocycles. The Labute approximate surface area is 123 Å². The van der Waals surface area contributed by atoms with Crippen LogP contribution in [0.3, 0.4) is 0 Å². The topological polar surface area (TPSA) is 68.6 Å². The summed E-state index contributed by atoms with van der Waals surface area (Å²) < 4.78 is 0. The van der Waals surface area contributed by atoms with Gasteiger partial charge in [0.1, 0.15) is 5.82 Å². The second-order valence-corrected chi connectivity index (χ2v) is 5.28. The van der Waals surface area contributed by atoms with Crippen LogP contribution in [0.2, 0.25) is 0 Å². The van der Waals surface area contributed by atoms with E-state index in [0.717, 1.165) is 30.2 Å². The van der Waals surface area contributed by atoms with Gasteiger partial charge in [0, 0.05) is 19.6 Å². The lowest BCUT2D eigenvalue weighted by atomic mass is 10.2. The number of hydrogen-bond acceptors (Lipinski definition) is 5. The first kappa shape index (κ1) is 13.5. The fourth-order valence-corrected chi connectivity index (χ4v) is 2.51. The molecule has 3 rings (SSSR count). The fourth-order valence-electron chi connectivity index (χ4n) is 2.51. The van der Waals surface area contributed by atoms with Crippen molar-refractivity contribution in [2.24, 2.45) is 0 Å². The van der Waals surface area contributed by atoms with Gasteiger partial charge in [0.25, 0.3) is 0 Å². The number of phenols is 2. The Morgan fingerprint density at radius 2 is 1.86 bits per heavy atom. The van der Waals surface area contributed by atoms with E-state index in [1.54, 1.807) is 12.1 Å². The molecule has 21 heavy (non-hydrogen) atoms. The minimum absolute atomic E-state index is 0.100. The van der Waals surface area contributed by atoms with E-state index in [1.807, 2.05) is 18.3 Å². The van der Waals surface area contributed by atoms with Gasteiger partial charge < -0.3 is 20.4 Å². The molecule has 0 bridgehead atoms.